The van der Waals surface area contributed by atoms with E-state index in [-0.39, 0.29) is 0 Å². The summed E-state index contributed by atoms with van der Waals surface area (Å²) in [5.41, 5.74) is 3.12. The maximum atomic E-state index is 13.7. The lowest BCUT2D eigenvalue weighted by atomic mass is 10.2. The molecule has 0 heterocycles. The Bertz CT molecular complexity index is 1040. The molecule has 0 saturated carbocycles. The molecule has 3 aromatic carbocycles. The number of carbonyl (C=O) groups is 1. The maximum Gasteiger partial charge on any atom is 0.286 e. The number of aryl methyl sites for hydroxylation is 2. The van der Waals surface area contributed by atoms with Crippen LogP contribution in [0.3, 0.4) is 0 Å². The van der Waals surface area contributed by atoms with E-state index in [0.29, 0.717) is 16.1 Å². The second-order valence-corrected chi connectivity index (χ2v) is 7.98. The zero-order valence-electron chi connectivity index (χ0n) is 14.7. The number of nitrogens with one attached hydrogen (secondary N) is 1. The van der Waals surface area contributed by atoms with Crippen LogP contribution >= 0.6 is 0 Å². The third-order valence-electron chi connectivity index (χ3n) is 3.85. The van der Waals surface area contributed by atoms with Crippen molar-refractivity contribution in [2.45, 2.75) is 18.7 Å². The molecule has 1 N–H and O–H groups in total. The molecule has 26 heavy (non-hydrogen) atoms. The minimum Gasteiger partial charge on any atom is -0.295 e. The molecule has 132 valence electrons. The van der Waals surface area contributed by atoms with Crippen molar-refractivity contribution in [3.63, 3.8) is 0 Å². The van der Waals surface area contributed by atoms with E-state index in [0.717, 1.165) is 11.1 Å². The maximum absolute atomic E-state index is 13.7. The van der Waals surface area contributed by atoms with Crippen LogP contribution in [0.25, 0.3) is 0 Å². The molecule has 3 aromatic rings. The van der Waals surface area contributed by atoms with Crippen LogP contribution in [0.5, 0.6) is 0 Å². The molecule has 0 bridgehead atoms. The van der Waals surface area contributed by atoms with Gasteiger partial charge in [0.15, 0.2) is 9.92 Å². The van der Waals surface area contributed by atoms with Gasteiger partial charge in [-0.15, -0.1) is 4.36 Å². The molecular weight excluding hydrogens is 344 g/mol. The fraction of sp³-hybridized carbons (Fsp3) is 0.0952. The summed E-state index contributed by atoms with van der Waals surface area (Å²) in [5.74, 6) is -0.517. The van der Waals surface area contributed by atoms with Crippen molar-refractivity contribution in [1.82, 2.24) is 0 Å². The fourth-order valence-electron chi connectivity index (χ4n) is 2.48. The highest BCUT2D eigenvalue weighted by Gasteiger charge is 2.16. The molecule has 0 saturated heterocycles. The van der Waals surface area contributed by atoms with E-state index >= 15 is 0 Å². The molecule has 0 aliphatic heterocycles. The van der Waals surface area contributed by atoms with Crippen molar-refractivity contribution in [1.29, 1.82) is 0 Å². The van der Waals surface area contributed by atoms with Gasteiger partial charge in [-0.2, -0.15) is 0 Å². The molecular formula is C21H20N2O2S. The number of hydrogen-bond acceptors (Lipinski definition) is 2. The Morgan fingerprint density at radius 3 is 2.19 bits per heavy atom. The molecule has 3 rings (SSSR count). The number of carbonyl (C=O) groups excluding carboxylic acids is 1. The van der Waals surface area contributed by atoms with Gasteiger partial charge in [0, 0.05) is 11.3 Å². The summed E-state index contributed by atoms with van der Waals surface area (Å²) >= 11 is 0. The first kappa shape index (κ1) is 17.9. The summed E-state index contributed by atoms with van der Waals surface area (Å²) in [6.45, 7) is 3.90. The molecule has 0 aliphatic rings. The predicted octanol–water partition coefficient (Wildman–Crippen LogP) is 5.00. The van der Waals surface area contributed by atoms with E-state index in [1.807, 2.05) is 56.3 Å². The van der Waals surface area contributed by atoms with E-state index in [2.05, 4.69) is 9.08 Å². The first-order valence-corrected chi connectivity index (χ1v) is 9.75. The van der Waals surface area contributed by atoms with Crippen LogP contribution in [0.4, 0.5) is 5.69 Å². The Hall–Kier alpha value is -2.92. The zero-order chi connectivity index (χ0) is 18.6. The van der Waals surface area contributed by atoms with Gasteiger partial charge < -0.3 is 0 Å². The average Bonchev–Trinajstić information content (AvgIpc) is 2.63. The number of rotatable bonds is 4. The quantitative estimate of drug-likeness (QED) is 0.708. The lowest BCUT2D eigenvalue weighted by Crippen LogP contribution is -2.15. The Morgan fingerprint density at radius 1 is 0.846 bits per heavy atom. The van der Waals surface area contributed by atoms with Crippen LogP contribution in [0, 0.1) is 13.8 Å². The molecule has 0 fully saturated rings. The van der Waals surface area contributed by atoms with E-state index in [9.17, 15) is 9.00 Å². The van der Waals surface area contributed by atoms with Crippen LogP contribution in [0.2, 0.25) is 0 Å². The Kier molecular flexibility index (Phi) is 5.19. The van der Waals surface area contributed by atoms with Crippen LogP contribution in [0.1, 0.15) is 21.5 Å². The van der Waals surface area contributed by atoms with Gasteiger partial charge in [0.05, 0.1) is 4.90 Å². The largest absolute Gasteiger partial charge is 0.295 e. The van der Waals surface area contributed by atoms with Gasteiger partial charge in [0.25, 0.3) is 5.91 Å². The Balaban J connectivity index is 2.09. The third-order valence-corrected chi connectivity index (χ3v) is 5.69. The summed E-state index contributed by atoms with van der Waals surface area (Å²) in [5, 5.41) is 0. The van der Waals surface area contributed by atoms with Gasteiger partial charge in [0.1, 0.15) is 0 Å². The molecule has 0 aromatic heterocycles. The zero-order valence-corrected chi connectivity index (χ0v) is 15.5. The molecule has 0 aliphatic carbocycles. The molecule has 1 unspecified atom stereocenters. The molecule has 1 atom stereocenters. The van der Waals surface area contributed by atoms with E-state index in [4.69, 9.17) is 0 Å². The SMILES string of the molecule is Cc1ccc(S(=O)(=NC(=O)c2ccccc2)Nc2cccc(C)c2)cc1. The van der Waals surface area contributed by atoms with Crippen molar-refractivity contribution in [2.75, 3.05) is 4.72 Å². The summed E-state index contributed by atoms with van der Waals surface area (Å²) < 4.78 is 20.7. The predicted molar refractivity (Wildman–Crippen MR) is 106 cm³/mol. The standard InChI is InChI=1S/C21H20N2O2S/c1-16-11-13-20(14-12-16)26(25,22-19-10-6-7-17(2)15-19)23-21(24)18-8-4-3-5-9-18/h3-15H,1-2H3,(H,22,23,24,25). The highest BCUT2D eigenvalue weighted by Crippen LogP contribution is 2.20. The summed E-state index contributed by atoms with van der Waals surface area (Å²) in [4.78, 5) is 13.0. The second kappa shape index (κ2) is 7.54. The third kappa shape index (κ3) is 4.18. The summed E-state index contributed by atoms with van der Waals surface area (Å²) in [6.07, 6.45) is 0. The summed E-state index contributed by atoms with van der Waals surface area (Å²) in [7, 11) is -3.18. The number of nitrogens with zero attached hydrogens (tertiary/aromatic N) is 1. The normalized spacial score (nSPS) is 12.8. The van der Waals surface area contributed by atoms with Gasteiger partial charge in [-0.3, -0.25) is 9.52 Å². The second-order valence-electron chi connectivity index (χ2n) is 6.07. The highest BCUT2D eigenvalue weighted by atomic mass is 32.2. The number of hydrogen-bond donors (Lipinski definition) is 1. The summed E-state index contributed by atoms with van der Waals surface area (Å²) in [6, 6.07) is 23.3. The fourth-order valence-corrected chi connectivity index (χ4v) is 4.03. The Labute approximate surface area is 154 Å². The van der Waals surface area contributed by atoms with Gasteiger partial charge in [-0.05, 0) is 55.8 Å². The van der Waals surface area contributed by atoms with Crippen LogP contribution in [0.15, 0.2) is 88.1 Å². The number of benzene rings is 3. The van der Waals surface area contributed by atoms with E-state index < -0.39 is 15.8 Å². The number of anilines is 1. The molecule has 1 amide bonds. The molecule has 5 heteroatoms. The topological polar surface area (TPSA) is 58.5 Å². The molecule has 0 radical (unpaired) electrons. The van der Waals surface area contributed by atoms with Gasteiger partial charge >= 0.3 is 0 Å². The minimum absolute atomic E-state index is 0.401. The minimum atomic E-state index is -3.18. The lowest BCUT2D eigenvalue weighted by Gasteiger charge is -2.14. The average molecular weight is 364 g/mol. The monoisotopic (exact) mass is 364 g/mol. The van der Waals surface area contributed by atoms with Crippen molar-refractivity contribution >= 4 is 21.5 Å². The van der Waals surface area contributed by atoms with Crippen LogP contribution in [-0.4, -0.2) is 10.1 Å². The first-order chi connectivity index (χ1) is 12.5. The highest BCUT2D eigenvalue weighted by molar-refractivity contribution is 7.95. The van der Waals surface area contributed by atoms with Gasteiger partial charge in [-0.25, -0.2) is 4.21 Å². The van der Waals surface area contributed by atoms with Crippen LogP contribution in [-0.2, 0) is 9.92 Å². The van der Waals surface area contributed by atoms with E-state index in [1.165, 1.54) is 0 Å². The molecule has 0 spiro atoms. The van der Waals surface area contributed by atoms with Gasteiger partial charge in [-0.1, -0.05) is 48.0 Å². The van der Waals surface area contributed by atoms with Gasteiger partial charge in [0.2, 0.25) is 0 Å². The van der Waals surface area contributed by atoms with Crippen LogP contribution < -0.4 is 4.72 Å². The first-order valence-electron chi connectivity index (χ1n) is 8.24. The van der Waals surface area contributed by atoms with E-state index in [1.54, 1.807) is 36.4 Å². The van der Waals surface area contributed by atoms with Crippen molar-refractivity contribution in [2.24, 2.45) is 4.36 Å². The Morgan fingerprint density at radius 2 is 1.54 bits per heavy atom. The smallest absolute Gasteiger partial charge is 0.286 e. The van der Waals surface area contributed by atoms with Crippen molar-refractivity contribution in [3.05, 3.63) is 95.6 Å². The number of amides is 1. The van der Waals surface area contributed by atoms with Crippen molar-refractivity contribution in [3.8, 4) is 0 Å². The molecule has 4 nitrogen and oxygen atoms in total. The van der Waals surface area contributed by atoms with Crippen molar-refractivity contribution < 1.29 is 9.00 Å². The lowest BCUT2D eigenvalue weighted by molar-refractivity contribution is 0.100.